The topological polar surface area (TPSA) is 120 Å². The van der Waals surface area contributed by atoms with Crippen LogP contribution < -0.4 is 10.6 Å². The lowest BCUT2D eigenvalue weighted by molar-refractivity contribution is -0.385. The minimum Gasteiger partial charge on any atom is -0.366 e. The highest BCUT2D eigenvalue weighted by Crippen LogP contribution is 2.34. The molecule has 2 heterocycles. The zero-order valence-electron chi connectivity index (χ0n) is 16.4. The summed E-state index contributed by atoms with van der Waals surface area (Å²) in [4.78, 5) is 24.5. The number of thioether (sulfide) groups is 1. The van der Waals surface area contributed by atoms with Gasteiger partial charge in [0.15, 0.2) is 5.16 Å². The van der Waals surface area contributed by atoms with E-state index in [-0.39, 0.29) is 17.0 Å². The number of nitrogens with zero attached hydrogens (tertiary/aromatic N) is 5. The van der Waals surface area contributed by atoms with E-state index in [9.17, 15) is 14.9 Å². The maximum absolute atomic E-state index is 11.5. The number of carbonyl (C=O) groups is 1. The van der Waals surface area contributed by atoms with E-state index >= 15 is 0 Å². The van der Waals surface area contributed by atoms with E-state index in [2.05, 4.69) is 15.1 Å². The molecule has 1 saturated heterocycles. The number of carbonyl (C=O) groups excluding carboxylic acids is 1. The van der Waals surface area contributed by atoms with E-state index in [0.29, 0.717) is 21.7 Å². The normalized spacial score (nSPS) is 13.5. The Labute approximate surface area is 187 Å². The maximum Gasteiger partial charge on any atom is 0.274 e. The number of nitro benzene ring substituents is 1. The highest BCUT2D eigenvalue weighted by Gasteiger charge is 2.24. The SMILES string of the molecule is NC(=O)c1ccc(CSc2nnc(N3CCCC3)n2-c2ccccc2Cl)c([N+](=O)[O-])c1. The number of aromatic nitrogens is 3. The van der Waals surface area contributed by atoms with E-state index in [4.69, 9.17) is 17.3 Å². The van der Waals surface area contributed by atoms with Gasteiger partial charge in [0.2, 0.25) is 11.9 Å². The molecule has 1 aliphatic rings. The third kappa shape index (κ3) is 4.35. The van der Waals surface area contributed by atoms with Crippen molar-refractivity contribution in [1.82, 2.24) is 14.8 Å². The molecule has 2 N–H and O–H groups in total. The van der Waals surface area contributed by atoms with Crippen molar-refractivity contribution >= 4 is 40.9 Å². The number of primary amides is 1. The predicted molar refractivity (Wildman–Crippen MR) is 119 cm³/mol. The van der Waals surface area contributed by atoms with Crippen LogP contribution in [0.4, 0.5) is 11.6 Å². The van der Waals surface area contributed by atoms with Crippen molar-refractivity contribution in [3.05, 3.63) is 68.7 Å². The average molecular weight is 459 g/mol. The molecule has 11 heteroatoms. The molecule has 1 aromatic heterocycles. The minimum atomic E-state index is -0.712. The quantitative estimate of drug-likeness (QED) is 0.324. The number of amides is 1. The van der Waals surface area contributed by atoms with E-state index in [0.717, 1.165) is 31.6 Å². The molecule has 0 radical (unpaired) electrons. The number of hydrogen-bond acceptors (Lipinski definition) is 7. The highest BCUT2D eigenvalue weighted by molar-refractivity contribution is 7.98. The van der Waals surface area contributed by atoms with Crippen LogP contribution in [0.1, 0.15) is 28.8 Å². The van der Waals surface area contributed by atoms with Crippen LogP contribution in [-0.2, 0) is 5.75 Å². The van der Waals surface area contributed by atoms with Gasteiger partial charge >= 0.3 is 0 Å². The molecule has 1 amide bonds. The molecule has 0 unspecified atom stereocenters. The Morgan fingerprint density at radius 1 is 1.19 bits per heavy atom. The van der Waals surface area contributed by atoms with Crippen LogP contribution >= 0.6 is 23.4 Å². The number of anilines is 1. The van der Waals surface area contributed by atoms with Gasteiger partial charge in [0.05, 0.1) is 15.6 Å². The first kappa shape index (κ1) is 21.1. The van der Waals surface area contributed by atoms with Gasteiger partial charge in [-0.3, -0.25) is 19.5 Å². The summed E-state index contributed by atoms with van der Waals surface area (Å²) in [5.41, 5.74) is 6.39. The second-order valence-corrected chi connectivity index (χ2v) is 8.37. The van der Waals surface area contributed by atoms with Gasteiger partial charge in [0, 0.05) is 36.0 Å². The van der Waals surface area contributed by atoms with Crippen molar-refractivity contribution in [2.75, 3.05) is 18.0 Å². The van der Waals surface area contributed by atoms with Crippen LogP contribution in [0.25, 0.3) is 5.69 Å². The molecule has 4 rings (SSSR count). The number of benzene rings is 2. The molecule has 0 bridgehead atoms. The van der Waals surface area contributed by atoms with Crippen LogP contribution in [0, 0.1) is 10.1 Å². The van der Waals surface area contributed by atoms with Gasteiger partial charge in [0.1, 0.15) is 0 Å². The van der Waals surface area contributed by atoms with Crippen molar-refractivity contribution in [3.63, 3.8) is 0 Å². The number of halogens is 1. The van der Waals surface area contributed by atoms with Crippen LogP contribution in [0.15, 0.2) is 47.6 Å². The fourth-order valence-corrected chi connectivity index (χ4v) is 4.63. The third-order valence-electron chi connectivity index (χ3n) is 5.02. The molecule has 3 aromatic rings. The smallest absolute Gasteiger partial charge is 0.274 e. The van der Waals surface area contributed by atoms with Gasteiger partial charge in [-0.05, 0) is 31.0 Å². The summed E-state index contributed by atoms with van der Waals surface area (Å²) in [7, 11) is 0. The average Bonchev–Trinajstić information content (AvgIpc) is 3.42. The molecule has 0 spiro atoms. The summed E-state index contributed by atoms with van der Waals surface area (Å²) >= 11 is 7.77. The molecular weight excluding hydrogens is 440 g/mol. The zero-order valence-corrected chi connectivity index (χ0v) is 18.0. The zero-order chi connectivity index (χ0) is 22.0. The molecule has 31 heavy (non-hydrogen) atoms. The largest absolute Gasteiger partial charge is 0.366 e. The molecule has 2 aromatic carbocycles. The van der Waals surface area contributed by atoms with E-state index < -0.39 is 10.8 Å². The fraction of sp³-hybridized carbons (Fsp3) is 0.250. The Hall–Kier alpha value is -3.11. The van der Waals surface area contributed by atoms with Gasteiger partial charge in [0.25, 0.3) is 5.69 Å². The molecule has 160 valence electrons. The molecule has 1 aliphatic heterocycles. The summed E-state index contributed by atoms with van der Waals surface area (Å²) < 4.78 is 1.89. The summed E-state index contributed by atoms with van der Waals surface area (Å²) in [5, 5.41) is 21.4. The molecule has 1 fully saturated rings. The lowest BCUT2D eigenvalue weighted by Gasteiger charge is -2.19. The van der Waals surface area contributed by atoms with Crippen LogP contribution in [0.3, 0.4) is 0 Å². The summed E-state index contributed by atoms with van der Waals surface area (Å²) in [6, 6.07) is 11.7. The number of rotatable bonds is 7. The van der Waals surface area contributed by atoms with Crippen molar-refractivity contribution in [3.8, 4) is 5.69 Å². The Morgan fingerprint density at radius 2 is 1.94 bits per heavy atom. The second kappa shape index (κ2) is 8.94. The van der Waals surface area contributed by atoms with Gasteiger partial charge in [-0.1, -0.05) is 41.6 Å². The number of nitro groups is 1. The Balaban J connectivity index is 1.69. The van der Waals surface area contributed by atoms with E-state index in [1.807, 2.05) is 22.8 Å². The molecule has 9 nitrogen and oxygen atoms in total. The maximum atomic E-state index is 11.5. The van der Waals surface area contributed by atoms with Gasteiger partial charge in [-0.15, -0.1) is 10.2 Å². The predicted octanol–water partition coefficient (Wildman–Crippen LogP) is 3.82. The van der Waals surface area contributed by atoms with Gasteiger partial charge < -0.3 is 10.6 Å². The number of hydrogen-bond donors (Lipinski definition) is 1. The van der Waals surface area contributed by atoms with Crippen LogP contribution in [-0.4, -0.2) is 38.7 Å². The van der Waals surface area contributed by atoms with Gasteiger partial charge in [-0.2, -0.15) is 0 Å². The fourth-order valence-electron chi connectivity index (χ4n) is 3.47. The lowest BCUT2D eigenvalue weighted by atomic mass is 10.1. The van der Waals surface area contributed by atoms with Gasteiger partial charge in [-0.25, -0.2) is 0 Å². The third-order valence-corrected chi connectivity index (χ3v) is 6.32. The first-order valence-electron chi connectivity index (χ1n) is 9.61. The molecule has 0 saturated carbocycles. The van der Waals surface area contributed by atoms with Crippen LogP contribution in [0.2, 0.25) is 5.02 Å². The van der Waals surface area contributed by atoms with Crippen molar-refractivity contribution < 1.29 is 9.72 Å². The monoisotopic (exact) mass is 458 g/mol. The van der Waals surface area contributed by atoms with Crippen molar-refractivity contribution in [1.29, 1.82) is 0 Å². The summed E-state index contributed by atoms with van der Waals surface area (Å²) in [6.07, 6.45) is 2.16. The summed E-state index contributed by atoms with van der Waals surface area (Å²) in [6.45, 7) is 1.76. The summed E-state index contributed by atoms with van der Waals surface area (Å²) in [5.74, 6) is 0.250. The molecule has 0 atom stereocenters. The Morgan fingerprint density at radius 3 is 2.61 bits per heavy atom. The second-order valence-electron chi connectivity index (χ2n) is 7.02. The Bertz CT molecular complexity index is 1150. The first-order valence-corrected chi connectivity index (χ1v) is 11.0. The van der Waals surface area contributed by atoms with Crippen molar-refractivity contribution in [2.45, 2.75) is 23.8 Å². The highest BCUT2D eigenvalue weighted by atomic mass is 35.5. The standard InChI is InChI=1S/C20H19ClN6O3S/c21-15-5-1-2-6-16(15)26-19(25-9-3-4-10-25)23-24-20(26)31-12-14-8-7-13(18(22)28)11-17(14)27(29)30/h1-2,5-8,11H,3-4,9-10,12H2,(H2,22,28). The first-order chi connectivity index (χ1) is 15.0. The number of para-hydroxylation sites is 1. The van der Waals surface area contributed by atoms with Crippen molar-refractivity contribution in [2.24, 2.45) is 5.73 Å². The number of nitrogens with two attached hydrogens (primary N) is 1. The Kier molecular flexibility index (Phi) is 6.10. The minimum absolute atomic E-state index is 0.0935. The van der Waals surface area contributed by atoms with E-state index in [1.54, 1.807) is 12.1 Å². The van der Waals surface area contributed by atoms with E-state index in [1.165, 1.54) is 23.9 Å². The van der Waals surface area contributed by atoms with Crippen LogP contribution in [0.5, 0.6) is 0 Å². The lowest BCUT2D eigenvalue weighted by Crippen LogP contribution is -2.22. The molecule has 0 aliphatic carbocycles. The molecular formula is C20H19ClN6O3S.